The molecule has 31 heavy (non-hydrogen) atoms. The van der Waals surface area contributed by atoms with Crippen LogP contribution >= 0.6 is 0 Å². The van der Waals surface area contributed by atoms with Crippen LogP contribution in [-0.4, -0.2) is 51.9 Å². The number of hydrogen-bond acceptors (Lipinski definition) is 6. The molecule has 0 spiro atoms. The molecule has 1 amide bonds. The van der Waals surface area contributed by atoms with Gasteiger partial charge in [-0.2, -0.15) is 8.99 Å². The summed E-state index contributed by atoms with van der Waals surface area (Å²) in [5.41, 5.74) is 0.740. The lowest BCUT2D eigenvalue weighted by Crippen LogP contribution is -2.35. The summed E-state index contributed by atoms with van der Waals surface area (Å²) in [7, 11) is -3.55. The molecule has 0 radical (unpaired) electrons. The van der Waals surface area contributed by atoms with Crippen molar-refractivity contribution in [1.82, 2.24) is 29.8 Å². The zero-order valence-electron chi connectivity index (χ0n) is 16.6. The summed E-state index contributed by atoms with van der Waals surface area (Å²) in [6.45, 7) is 1.05. The van der Waals surface area contributed by atoms with Gasteiger partial charge < -0.3 is 5.32 Å². The molecule has 1 fully saturated rings. The maximum Gasteiger partial charge on any atom is 0.251 e. The number of hydrogen-bond donors (Lipinski definition) is 1. The number of nitrogens with one attached hydrogen (secondary N) is 1. The standard InChI is InChI=1S/C20H21FN6O3S/c21-16-5-4-6-17(13-16)27-19(23-24-25-27)14-22-20(28)15-7-9-18(10-8-15)31(29,30)26-11-2-1-3-12-26/h4-10,13H,1-3,11-12,14H2,(H,22,28). The summed E-state index contributed by atoms with van der Waals surface area (Å²) in [5, 5.41) is 14.0. The highest BCUT2D eigenvalue weighted by Gasteiger charge is 2.26. The minimum Gasteiger partial charge on any atom is -0.345 e. The topological polar surface area (TPSA) is 110 Å². The molecular formula is C20H21FN6O3S. The van der Waals surface area contributed by atoms with Crippen molar-refractivity contribution < 1.29 is 17.6 Å². The van der Waals surface area contributed by atoms with Crippen LogP contribution in [0.2, 0.25) is 0 Å². The van der Waals surface area contributed by atoms with Crippen LogP contribution in [0.5, 0.6) is 0 Å². The van der Waals surface area contributed by atoms with Crippen molar-refractivity contribution in [1.29, 1.82) is 0 Å². The van der Waals surface area contributed by atoms with Crippen LogP contribution in [0, 0.1) is 5.82 Å². The fourth-order valence-corrected chi connectivity index (χ4v) is 4.94. The number of sulfonamides is 1. The highest BCUT2D eigenvalue weighted by Crippen LogP contribution is 2.21. The number of piperidine rings is 1. The first kappa shape index (κ1) is 21.1. The van der Waals surface area contributed by atoms with Gasteiger partial charge in [0.15, 0.2) is 5.82 Å². The number of aromatic nitrogens is 4. The predicted octanol–water partition coefficient (Wildman–Crippen LogP) is 1.91. The van der Waals surface area contributed by atoms with E-state index in [0.29, 0.717) is 30.2 Å². The molecule has 4 rings (SSSR count). The van der Waals surface area contributed by atoms with E-state index >= 15 is 0 Å². The summed E-state index contributed by atoms with van der Waals surface area (Å²) in [6.07, 6.45) is 2.75. The predicted molar refractivity (Wildman–Crippen MR) is 109 cm³/mol. The molecule has 0 bridgehead atoms. The lowest BCUT2D eigenvalue weighted by Gasteiger charge is -2.25. The van der Waals surface area contributed by atoms with E-state index in [0.717, 1.165) is 19.3 Å². The molecule has 3 aromatic rings. The minimum atomic E-state index is -3.55. The Morgan fingerprint density at radius 2 is 1.81 bits per heavy atom. The second kappa shape index (κ2) is 8.90. The zero-order valence-corrected chi connectivity index (χ0v) is 17.4. The molecule has 0 aliphatic carbocycles. The van der Waals surface area contributed by atoms with Crippen LogP contribution in [0.3, 0.4) is 0 Å². The molecule has 2 aromatic carbocycles. The third-order valence-electron chi connectivity index (χ3n) is 5.06. The van der Waals surface area contributed by atoms with E-state index in [-0.39, 0.29) is 11.4 Å². The molecule has 1 N–H and O–H groups in total. The third-order valence-corrected chi connectivity index (χ3v) is 6.98. The van der Waals surface area contributed by atoms with Crippen LogP contribution < -0.4 is 5.32 Å². The fourth-order valence-electron chi connectivity index (χ4n) is 3.42. The zero-order chi connectivity index (χ0) is 21.8. The lowest BCUT2D eigenvalue weighted by atomic mass is 10.2. The monoisotopic (exact) mass is 444 g/mol. The van der Waals surface area contributed by atoms with Gasteiger partial charge in [-0.05, 0) is 65.7 Å². The molecule has 9 nitrogen and oxygen atoms in total. The van der Waals surface area contributed by atoms with Crippen molar-refractivity contribution in [2.45, 2.75) is 30.7 Å². The largest absolute Gasteiger partial charge is 0.345 e. The molecular weight excluding hydrogens is 423 g/mol. The Kier molecular flexibility index (Phi) is 6.05. The Labute approximate surface area is 178 Å². The second-order valence-corrected chi connectivity index (χ2v) is 9.10. The average Bonchev–Trinajstić information content (AvgIpc) is 3.27. The van der Waals surface area contributed by atoms with E-state index in [1.807, 2.05) is 0 Å². The molecule has 0 unspecified atom stereocenters. The van der Waals surface area contributed by atoms with Gasteiger partial charge in [0.25, 0.3) is 5.91 Å². The van der Waals surface area contributed by atoms with E-state index in [1.165, 1.54) is 51.5 Å². The molecule has 162 valence electrons. The first-order chi connectivity index (χ1) is 14.9. The number of benzene rings is 2. The highest BCUT2D eigenvalue weighted by molar-refractivity contribution is 7.89. The molecule has 2 heterocycles. The fraction of sp³-hybridized carbons (Fsp3) is 0.300. The number of carbonyl (C=O) groups is 1. The minimum absolute atomic E-state index is 0.0101. The summed E-state index contributed by atoms with van der Waals surface area (Å²) < 4.78 is 41.7. The van der Waals surface area contributed by atoms with Crippen molar-refractivity contribution in [3.05, 3.63) is 65.7 Å². The number of nitrogens with zero attached hydrogens (tertiary/aromatic N) is 5. The Bertz CT molecular complexity index is 1170. The number of rotatable bonds is 6. The highest BCUT2D eigenvalue weighted by atomic mass is 32.2. The van der Waals surface area contributed by atoms with Crippen LogP contribution in [0.1, 0.15) is 35.4 Å². The van der Waals surface area contributed by atoms with Crippen LogP contribution in [0.4, 0.5) is 4.39 Å². The Hall–Kier alpha value is -3.18. The van der Waals surface area contributed by atoms with Gasteiger partial charge in [0.2, 0.25) is 10.0 Å². The maximum atomic E-state index is 13.5. The number of carbonyl (C=O) groups excluding carboxylic acids is 1. The second-order valence-electron chi connectivity index (χ2n) is 7.16. The number of halogens is 1. The average molecular weight is 444 g/mol. The third kappa shape index (κ3) is 4.62. The summed E-state index contributed by atoms with van der Waals surface area (Å²) in [4.78, 5) is 12.7. The van der Waals surface area contributed by atoms with E-state index in [9.17, 15) is 17.6 Å². The van der Waals surface area contributed by atoms with Gasteiger partial charge in [0.05, 0.1) is 17.1 Å². The first-order valence-corrected chi connectivity index (χ1v) is 11.3. The SMILES string of the molecule is O=C(NCc1nnnn1-c1cccc(F)c1)c1ccc(S(=O)(=O)N2CCCCC2)cc1. The van der Waals surface area contributed by atoms with E-state index in [4.69, 9.17) is 0 Å². The number of tetrazole rings is 1. The molecule has 1 aliphatic heterocycles. The summed E-state index contributed by atoms with van der Waals surface area (Å²) in [5.74, 6) is -0.512. The molecule has 0 atom stereocenters. The molecule has 1 aliphatic rings. The van der Waals surface area contributed by atoms with E-state index in [1.54, 1.807) is 6.07 Å². The van der Waals surface area contributed by atoms with Gasteiger partial charge in [0.1, 0.15) is 5.82 Å². The Morgan fingerprint density at radius 3 is 2.52 bits per heavy atom. The van der Waals surface area contributed by atoms with Crippen molar-refractivity contribution in [3.8, 4) is 5.69 Å². The smallest absolute Gasteiger partial charge is 0.251 e. The van der Waals surface area contributed by atoms with E-state index < -0.39 is 21.7 Å². The molecule has 0 saturated carbocycles. The van der Waals surface area contributed by atoms with Crippen molar-refractivity contribution in [3.63, 3.8) is 0 Å². The van der Waals surface area contributed by atoms with Crippen molar-refractivity contribution >= 4 is 15.9 Å². The normalized spacial score (nSPS) is 15.0. The Balaban J connectivity index is 1.43. The maximum absolute atomic E-state index is 13.5. The van der Waals surface area contributed by atoms with Crippen LogP contribution in [-0.2, 0) is 16.6 Å². The quantitative estimate of drug-likeness (QED) is 0.622. The van der Waals surface area contributed by atoms with E-state index in [2.05, 4.69) is 20.8 Å². The van der Waals surface area contributed by atoms with Gasteiger partial charge in [-0.15, -0.1) is 5.10 Å². The molecule has 11 heteroatoms. The molecule has 1 saturated heterocycles. The molecule has 1 aromatic heterocycles. The number of amides is 1. The van der Waals surface area contributed by atoms with Crippen LogP contribution in [0.15, 0.2) is 53.4 Å². The van der Waals surface area contributed by atoms with Crippen molar-refractivity contribution in [2.75, 3.05) is 13.1 Å². The lowest BCUT2D eigenvalue weighted by molar-refractivity contribution is 0.0949. The van der Waals surface area contributed by atoms with Gasteiger partial charge in [-0.25, -0.2) is 12.8 Å². The van der Waals surface area contributed by atoms with Crippen LogP contribution in [0.25, 0.3) is 5.69 Å². The summed E-state index contributed by atoms with van der Waals surface area (Å²) in [6, 6.07) is 11.6. The van der Waals surface area contributed by atoms with Crippen molar-refractivity contribution in [2.24, 2.45) is 0 Å². The van der Waals surface area contributed by atoms with Gasteiger partial charge >= 0.3 is 0 Å². The van der Waals surface area contributed by atoms with Gasteiger partial charge in [-0.1, -0.05) is 12.5 Å². The Morgan fingerprint density at radius 1 is 1.06 bits per heavy atom. The summed E-state index contributed by atoms with van der Waals surface area (Å²) >= 11 is 0. The first-order valence-electron chi connectivity index (χ1n) is 9.87. The van der Waals surface area contributed by atoms with Gasteiger partial charge in [-0.3, -0.25) is 4.79 Å². The van der Waals surface area contributed by atoms with Gasteiger partial charge in [0, 0.05) is 18.7 Å².